The Hall–Kier alpha value is -0.260. The lowest BCUT2D eigenvalue weighted by Gasteiger charge is -2.16. The van der Waals surface area contributed by atoms with Crippen molar-refractivity contribution in [3.05, 3.63) is 0 Å². The van der Waals surface area contributed by atoms with Crippen LogP contribution in [0.1, 0.15) is 6.92 Å². The first kappa shape index (κ1) is 10.7. The Morgan fingerprint density at radius 1 is 1.64 bits per heavy atom. The summed E-state index contributed by atoms with van der Waals surface area (Å²) in [6.07, 6.45) is 0. The van der Waals surface area contributed by atoms with Gasteiger partial charge in [0.1, 0.15) is 0 Å². The standard InChI is InChI=1S/C6H12O4S/c1-6(10,5(8)9)4-11-3-2-7/h7,10H,2-4H2,1H3,(H,8,9). The molecule has 0 amide bonds. The second kappa shape index (κ2) is 4.58. The van der Waals surface area contributed by atoms with Gasteiger partial charge in [-0.05, 0) is 6.92 Å². The Labute approximate surface area is 69.2 Å². The summed E-state index contributed by atoms with van der Waals surface area (Å²) in [4.78, 5) is 10.3. The molecule has 0 fully saturated rings. The van der Waals surface area contributed by atoms with E-state index in [-0.39, 0.29) is 12.4 Å². The highest BCUT2D eigenvalue weighted by Gasteiger charge is 2.29. The monoisotopic (exact) mass is 180 g/mol. The van der Waals surface area contributed by atoms with E-state index in [1.54, 1.807) is 0 Å². The first-order valence-electron chi connectivity index (χ1n) is 3.15. The van der Waals surface area contributed by atoms with E-state index in [9.17, 15) is 4.79 Å². The molecule has 0 radical (unpaired) electrons. The summed E-state index contributed by atoms with van der Waals surface area (Å²) in [5.74, 6) is -0.685. The van der Waals surface area contributed by atoms with Crippen molar-refractivity contribution in [2.75, 3.05) is 18.1 Å². The molecule has 1 unspecified atom stereocenters. The van der Waals surface area contributed by atoms with Crippen molar-refractivity contribution in [3.63, 3.8) is 0 Å². The lowest BCUT2D eigenvalue weighted by Crippen LogP contribution is -2.37. The topological polar surface area (TPSA) is 77.8 Å². The van der Waals surface area contributed by atoms with Crippen LogP contribution in [-0.2, 0) is 4.79 Å². The van der Waals surface area contributed by atoms with E-state index in [0.29, 0.717) is 5.75 Å². The number of rotatable bonds is 5. The molecule has 1 atom stereocenters. The predicted octanol–water partition coefficient (Wildman–Crippen LogP) is -0.452. The van der Waals surface area contributed by atoms with E-state index < -0.39 is 11.6 Å². The molecular weight excluding hydrogens is 168 g/mol. The molecule has 0 aliphatic rings. The van der Waals surface area contributed by atoms with Gasteiger partial charge in [0.25, 0.3) is 0 Å². The van der Waals surface area contributed by atoms with Gasteiger partial charge in [-0.15, -0.1) is 0 Å². The quantitative estimate of drug-likeness (QED) is 0.499. The third-order valence-electron chi connectivity index (χ3n) is 1.08. The second-order valence-corrected chi connectivity index (χ2v) is 3.46. The van der Waals surface area contributed by atoms with Gasteiger partial charge in [-0.1, -0.05) is 0 Å². The van der Waals surface area contributed by atoms with Crippen molar-refractivity contribution in [3.8, 4) is 0 Å². The van der Waals surface area contributed by atoms with Crippen LogP contribution < -0.4 is 0 Å². The van der Waals surface area contributed by atoms with Crippen molar-refractivity contribution in [2.24, 2.45) is 0 Å². The summed E-state index contributed by atoms with van der Waals surface area (Å²) >= 11 is 1.21. The molecule has 0 bridgehead atoms. The van der Waals surface area contributed by atoms with Crippen LogP contribution in [0.5, 0.6) is 0 Å². The fraction of sp³-hybridized carbons (Fsp3) is 0.833. The summed E-state index contributed by atoms with van der Waals surface area (Å²) in [5.41, 5.74) is -1.68. The van der Waals surface area contributed by atoms with Crippen LogP contribution in [0.15, 0.2) is 0 Å². The van der Waals surface area contributed by atoms with Crippen molar-refractivity contribution in [1.82, 2.24) is 0 Å². The molecule has 0 spiro atoms. The molecule has 0 rings (SSSR count). The Kier molecular flexibility index (Phi) is 4.48. The van der Waals surface area contributed by atoms with Gasteiger partial charge in [0.05, 0.1) is 6.61 Å². The van der Waals surface area contributed by atoms with E-state index in [1.807, 2.05) is 0 Å². The molecular formula is C6H12O4S. The summed E-state index contributed by atoms with van der Waals surface area (Å²) in [7, 11) is 0. The van der Waals surface area contributed by atoms with E-state index in [1.165, 1.54) is 18.7 Å². The third-order valence-corrected chi connectivity index (χ3v) is 2.32. The Balaban J connectivity index is 3.64. The number of carbonyl (C=O) groups is 1. The minimum absolute atomic E-state index is 0.000363. The Bertz CT molecular complexity index is 135. The summed E-state index contributed by atoms with van der Waals surface area (Å²) in [6.45, 7) is 1.24. The molecule has 0 aliphatic carbocycles. The number of aliphatic hydroxyl groups excluding tert-OH is 1. The molecule has 0 aromatic carbocycles. The van der Waals surface area contributed by atoms with Crippen molar-refractivity contribution >= 4 is 17.7 Å². The van der Waals surface area contributed by atoms with Gasteiger partial charge in [0.2, 0.25) is 0 Å². The van der Waals surface area contributed by atoms with Crippen molar-refractivity contribution in [2.45, 2.75) is 12.5 Å². The zero-order valence-corrected chi connectivity index (χ0v) is 7.10. The Morgan fingerprint density at radius 2 is 2.18 bits per heavy atom. The number of aliphatic hydroxyl groups is 2. The summed E-state index contributed by atoms with van der Waals surface area (Å²) in [5, 5.41) is 25.9. The van der Waals surface area contributed by atoms with Gasteiger partial charge in [0, 0.05) is 11.5 Å². The van der Waals surface area contributed by atoms with Crippen LogP contribution in [0.3, 0.4) is 0 Å². The van der Waals surface area contributed by atoms with Crippen molar-refractivity contribution in [1.29, 1.82) is 0 Å². The lowest BCUT2D eigenvalue weighted by molar-refractivity contribution is -0.154. The normalized spacial score (nSPS) is 15.9. The first-order chi connectivity index (χ1) is 5.00. The zero-order chi connectivity index (χ0) is 8.91. The molecule has 0 saturated carbocycles. The third kappa shape index (κ3) is 4.23. The second-order valence-electron chi connectivity index (χ2n) is 2.36. The molecule has 11 heavy (non-hydrogen) atoms. The van der Waals surface area contributed by atoms with Gasteiger partial charge in [0.15, 0.2) is 5.60 Å². The highest BCUT2D eigenvalue weighted by atomic mass is 32.2. The van der Waals surface area contributed by atoms with E-state index in [2.05, 4.69) is 0 Å². The van der Waals surface area contributed by atoms with Crippen LogP contribution in [0.4, 0.5) is 0 Å². The van der Waals surface area contributed by atoms with Crippen LogP contribution >= 0.6 is 11.8 Å². The summed E-state index contributed by atoms with van der Waals surface area (Å²) < 4.78 is 0. The molecule has 66 valence electrons. The van der Waals surface area contributed by atoms with Crippen molar-refractivity contribution < 1.29 is 20.1 Å². The van der Waals surface area contributed by atoms with E-state index >= 15 is 0 Å². The molecule has 0 saturated heterocycles. The van der Waals surface area contributed by atoms with Gasteiger partial charge >= 0.3 is 5.97 Å². The minimum Gasteiger partial charge on any atom is -0.479 e. The average molecular weight is 180 g/mol. The molecule has 0 heterocycles. The zero-order valence-electron chi connectivity index (χ0n) is 6.28. The number of hydrogen-bond acceptors (Lipinski definition) is 4. The SMILES string of the molecule is CC(O)(CSCCO)C(=O)O. The minimum atomic E-state index is -1.68. The molecule has 0 aromatic heterocycles. The maximum atomic E-state index is 10.3. The van der Waals surface area contributed by atoms with Gasteiger partial charge in [-0.3, -0.25) is 0 Å². The number of carboxylic acids is 1. The average Bonchev–Trinajstić information content (AvgIpc) is 1.88. The fourth-order valence-corrected chi connectivity index (χ4v) is 1.19. The number of carboxylic acid groups (broad SMARTS) is 1. The lowest BCUT2D eigenvalue weighted by atomic mass is 10.1. The largest absolute Gasteiger partial charge is 0.479 e. The van der Waals surface area contributed by atoms with E-state index in [0.717, 1.165) is 0 Å². The van der Waals surface area contributed by atoms with Crippen LogP contribution in [-0.4, -0.2) is 45.0 Å². The summed E-state index contributed by atoms with van der Waals surface area (Å²) in [6, 6.07) is 0. The van der Waals surface area contributed by atoms with Crippen LogP contribution in [0.25, 0.3) is 0 Å². The van der Waals surface area contributed by atoms with Gasteiger partial charge < -0.3 is 15.3 Å². The predicted molar refractivity (Wildman–Crippen MR) is 42.7 cm³/mol. The molecule has 0 aliphatic heterocycles. The van der Waals surface area contributed by atoms with Gasteiger partial charge in [-0.25, -0.2) is 4.79 Å². The van der Waals surface area contributed by atoms with E-state index in [4.69, 9.17) is 15.3 Å². The first-order valence-corrected chi connectivity index (χ1v) is 4.30. The molecule has 0 aromatic rings. The highest BCUT2D eigenvalue weighted by molar-refractivity contribution is 7.99. The maximum absolute atomic E-state index is 10.3. The van der Waals surface area contributed by atoms with Crippen LogP contribution in [0.2, 0.25) is 0 Å². The number of thioether (sulfide) groups is 1. The maximum Gasteiger partial charge on any atom is 0.336 e. The molecule has 3 N–H and O–H groups in total. The molecule has 4 nitrogen and oxygen atoms in total. The highest BCUT2D eigenvalue weighted by Crippen LogP contribution is 2.12. The smallest absolute Gasteiger partial charge is 0.336 e. The fourth-order valence-electron chi connectivity index (χ4n) is 0.397. The number of hydrogen-bond donors (Lipinski definition) is 3. The van der Waals surface area contributed by atoms with Crippen LogP contribution in [0, 0.1) is 0 Å². The molecule has 5 heteroatoms. The van der Waals surface area contributed by atoms with Gasteiger partial charge in [-0.2, -0.15) is 11.8 Å². The Morgan fingerprint density at radius 3 is 2.55 bits per heavy atom. The number of aliphatic carboxylic acids is 1.